The largest absolute Gasteiger partial charge is 0.465 e. The standard InChI is InChI=1S/C16H24O3/c1-5-19-14(18)16(4)12-8-6-7-11(2)15(12,3)10-9-13(16)17/h12H,2,5-10H2,1,3-4H3/t12-,15-,16-/m1/s1. The predicted molar refractivity (Wildman–Crippen MR) is 73.6 cm³/mol. The van der Waals surface area contributed by atoms with E-state index in [2.05, 4.69) is 13.5 Å². The first kappa shape index (κ1) is 14.3. The third kappa shape index (κ3) is 1.94. The van der Waals surface area contributed by atoms with Crippen LogP contribution >= 0.6 is 0 Å². The Balaban J connectivity index is 2.42. The highest BCUT2D eigenvalue weighted by Gasteiger charge is 2.59. The molecule has 19 heavy (non-hydrogen) atoms. The molecule has 2 aliphatic carbocycles. The molecule has 2 aliphatic rings. The number of carbonyl (C=O) groups is 2. The lowest BCUT2D eigenvalue weighted by atomic mass is 9.49. The number of allylic oxidation sites excluding steroid dienone is 1. The van der Waals surface area contributed by atoms with E-state index in [0.717, 1.165) is 25.7 Å². The van der Waals surface area contributed by atoms with Crippen molar-refractivity contribution in [2.45, 2.75) is 52.9 Å². The second-order valence-electron chi connectivity index (χ2n) is 6.31. The molecule has 0 spiro atoms. The molecule has 0 aromatic carbocycles. The molecule has 0 radical (unpaired) electrons. The average molecular weight is 264 g/mol. The molecule has 3 heteroatoms. The molecule has 0 aromatic heterocycles. The van der Waals surface area contributed by atoms with Gasteiger partial charge in [-0.2, -0.15) is 0 Å². The van der Waals surface area contributed by atoms with Crippen molar-refractivity contribution in [3.05, 3.63) is 12.2 Å². The zero-order valence-electron chi connectivity index (χ0n) is 12.3. The van der Waals surface area contributed by atoms with Crippen molar-refractivity contribution in [3.63, 3.8) is 0 Å². The Kier molecular flexibility index (Phi) is 3.59. The minimum absolute atomic E-state index is 0.0431. The normalized spacial score (nSPS) is 38.8. The van der Waals surface area contributed by atoms with Gasteiger partial charge in [-0.05, 0) is 50.9 Å². The van der Waals surface area contributed by atoms with E-state index >= 15 is 0 Å². The maximum atomic E-state index is 12.4. The quantitative estimate of drug-likeness (QED) is 0.437. The van der Waals surface area contributed by atoms with E-state index in [1.165, 1.54) is 5.57 Å². The summed E-state index contributed by atoms with van der Waals surface area (Å²) in [6, 6.07) is 0. The molecule has 0 saturated heterocycles. The molecule has 0 unspecified atom stereocenters. The van der Waals surface area contributed by atoms with Crippen LogP contribution in [0.25, 0.3) is 0 Å². The average Bonchev–Trinajstić information content (AvgIpc) is 2.37. The van der Waals surface area contributed by atoms with Crippen molar-refractivity contribution < 1.29 is 14.3 Å². The SMILES string of the molecule is C=C1CCC[C@H]2[C@@](C)(C(=O)OCC)C(=O)CC[C@]12C. The van der Waals surface area contributed by atoms with Gasteiger partial charge in [-0.25, -0.2) is 0 Å². The molecule has 2 saturated carbocycles. The molecule has 0 bridgehead atoms. The van der Waals surface area contributed by atoms with Gasteiger partial charge in [-0.15, -0.1) is 0 Å². The fourth-order valence-electron chi connectivity index (χ4n) is 4.01. The molecule has 3 atom stereocenters. The summed E-state index contributed by atoms with van der Waals surface area (Å²) >= 11 is 0. The fraction of sp³-hybridized carbons (Fsp3) is 0.750. The Morgan fingerprint density at radius 2 is 2.11 bits per heavy atom. The minimum atomic E-state index is -0.980. The van der Waals surface area contributed by atoms with Crippen molar-refractivity contribution in [2.75, 3.05) is 6.61 Å². The first-order valence-corrected chi connectivity index (χ1v) is 7.26. The number of Topliss-reactive ketones (excluding diaryl/α,β-unsaturated/α-hetero) is 1. The Hall–Kier alpha value is -1.12. The molecular weight excluding hydrogens is 240 g/mol. The van der Waals surface area contributed by atoms with Crippen LogP contribution in [0.4, 0.5) is 0 Å². The second kappa shape index (κ2) is 4.77. The van der Waals surface area contributed by atoms with Crippen molar-refractivity contribution in [2.24, 2.45) is 16.7 Å². The first-order chi connectivity index (χ1) is 8.87. The second-order valence-corrected chi connectivity index (χ2v) is 6.31. The van der Waals surface area contributed by atoms with E-state index in [1.807, 2.05) is 0 Å². The lowest BCUT2D eigenvalue weighted by molar-refractivity contribution is -0.171. The fourth-order valence-corrected chi connectivity index (χ4v) is 4.01. The number of rotatable bonds is 2. The smallest absolute Gasteiger partial charge is 0.319 e. The highest BCUT2D eigenvalue weighted by molar-refractivity contribution is 6.04. The van der Waals surface area contributed by atoms with Crippen LogP contribution in [0.1, 0.15) is 52.9 Å². The van der Waals surface area contributed by atoms with E-state index in [0.29, 0.717) is 13.0 Å². The lowest BCUT2D eigenvalue weighted by Gasteiger charge is -2.53. The molecule has 2 rings (SSSR count). The van der Waals surface area contributed by atoms with Crippen molar-refractivity contribution in [1.29, 1.82) is 0 Å². The van der Waals surface area contributed by atoms with Gasteiger partial charge in [0.15, 0.2) is 0 Å². The lowest BCUT2D eigenvalue weighted by Crippen LogP contribution is -2.55. The molecule has 3 nitrogen and oxygen atoms in total. The van der Waals surface area contributed by atoms with Crippen LogP contribution in [0.2, 0.25) is 0 Å². The van der Waals surface area contributed by atoms with Crippen molar-refractivity contribution in [1.82, 2.24) is 0 Å². The van der Waals surface area contributed by atoms with Gasteiger partial charge in [0.2, 0.25) is 0 Å². The van der Waals surface area contributed by atoms with Gasteiger partial charge < -0.3 is 4.74 Å². The van der Waals surface area contributed by atoms with Gasteiger partial charge in [0.25, 0.3) is 0 Å². The van der Waals surface area contributed by atoms with E-state index in [9.17, 15) is 9.59 Å². The zero-order chi connectivity index (χ0) is 14.3. The Bertz CT molecular complexity index is 426. The van der Waals surface area contributed by atoms with Gasteiger partial charge in [-0.3, -0.25) is 9.59 Å². The van der Waals surface area contributed by atoms with Gasteiger partial charge >= 0.3 is 5.97 Å². The predicted octanol–water partition coefficient (Wildman–Crippen LogP) is 3.28. The molecule has 0 aromatic rings. The van der Waals surface area contributed by atoms with Crippen LogP contribution in [0.5, 0.6) is 0 Å². The summed E-state index contributed by atoms with van der Waals surface area (Å²) < 4.78 is 5.19. The van der Waals surface area contributed by atoms with Crippen LogP contribution in [-0.4, -0.2) is 18.4 Å². The highest BCUT2D eigenvalue weighted by Crippen LogP contribution is 2.58. The number of carbonyl (C=O) groups excluding carboxylic acids is 2. The van der Waals surface area contributed by atoms with Crippen LogP contribution in [0.3, 0.4) is 0 Å². The molecule has 0 heterocycles. The first-order valence-electron chi connectivity index (χ1n) is 7.26. The van der Waals surface area contributed by atoms with Gasteiger partial charge in [0.05, 0.1) is 6.61 Å². The maximum absolute atomic E-state index is 12.4. The highest BCUT2D eigenvalue weighted by atomic mass is 16.5. The van der Waals surface area contributed by atoms with E-state index in [1.54, 1.807) is 13.8 Å². The Morgan fingerprint density at radius 3 is 2.74 bits per heavy atom. The number of hydrogen-bond acceptors (Lipinski definition) is 3. The van der Waals surface area contributed by atoms with Crippen LogP contribution in [-0.2, 0) is 14.3 Å². The van der Waals surface area contributed by atoms with E-state index in [-0.39, 0.29) is 23.1 Å². The molecular formula is C16H24O3. The van der Waals surface area contributed by atoms with Crippen molar-refractivity contribution >= 4 is 11.8 Å². The van der Waals surface area contributed by atoms with Crippen LogP contribution in [0, 0.1) is 16.7 Å². The number of hydrogen-bond donors (Lipinski definition) is 0. The summed E-state index contributed by atoms with van der Waals surface area (Å²) in [5.74, 6) is -0.254. The summed E-state index contributed by atoms with van der Waals surface area (Å²) in [5, 5.41) is 0. The molecule has 0 N–H and O–H groups in total. The van der Waals surface area contributed by atoms with E-state index < -0.39 is 5.41 Å². The molecule has 0 aliphatic heterocycles. The number of ketones is 1. The van der Waals surface area contributed by atoms with Crippen LogP contribution < -0.4 is 0 Å². The van der Waals surface area contributed by atoms with Gasteiger partial charge in [0.1, 0.15) is 11.2 Å². The summed E-state index contributed by atoms with van der Waals surface area (Å²) in [7, 11) is 0. The maximum Gasteiger partial charge on any atom is 0.319 e. The monoisotopic (exact) mass is 264 g/mol. The summed E-state index contributed by atoms with van der Waals surface area (Å²) in [6.07, 6.45) is 4.23. The van der Waals surface area contributed by atoms with Gasteiger partial charge in [0, 0.05) is 6.42 Å². The Labute approximate surface area is 115 Å². The van der Waals surface area contributed by atoms with Gasteiger partial charge in [-0.1, -0.05) is 19.1 Å². The Morgan fingerprint density at radius 1 is 1.42 bits per heavy atom. The molecule has 2 fully saturated rings. The number of ether oxygens (including phenoxy) is 1. The molecule has 0 amide bonds. The van der Waals surface area contributed by atoms with Crippen molar-refractivity contribution in [3.8, 4) is 0 Å². The number of esters is 1. The minimum Gasteiger partial charge on any atom is -0.465 e. The third-order valence-corrected chi connectivity index (χ3v) is 5.40. The van der Waals surface area contributed by atoms with E-state index in [4.69, 9.17) is 4.74 Å². The van der Waals surface area contributed by atoms with Crippen LogP contribution in [0.15, 0.2) is 12.2 Å². The summed E-state index contributed by atoms with van der Waals surface area (Å²) in [6.45, 7) is 10.3. The molecule has 106 valence electrons. The summed E-state index contributed by atoms with van der Waals surface area (Å²) in [4.78, 5) is 24.8. The summed E-state index contributed by atoms with van der Waals surface area (Å²) in [5.41, 5.74) is 0.131. The number of fused-ring (bicyclic) bond motifs is 1. The topological polar surface area (TPSA) is 43.4 Å². The third-order valence-electron chi connectivity index (χ3n) is 5.40. The zero-order valence-corrected chi connectivity index (χ0v) is 12.3.